The molecule has 2 N–H and O–H groups in total. The monoisotopic (exact) mass is 377 g/mol. The fraction of sp³-hybridized carbons (Fsp3) is 0.357. The maximum Gasteiger partial charge on any atom is 0.490 e. The average Bonchev–Trinajstić information content (AvgIpc) is 2.45. The van der Waals surface area contributed by atoms with Crippen LogP contribution in [0.15, 0.2) is 30.1 Å². The Morgan fingerprint density at radius 1 is 1.16 bits per heavy atom. The summed E-state index contributed by atoms with van der Waals surface area (Å²) in [5, 5.41) is 0. The van der Waals surface area contributed by atoms with Gasteiger partial charge in [-0.25, -0.2) is 13.6 Å². The van der Waals surface area contributed by atoms with E-state index in [0.717, 1.165) is 6.07 Å². The molecule has 25 heavy (non-hydrogen) atoms. The average molecular weight is 377 g/mol. The number of aryl methyl sites for hydroxylation is 1. The lowest BCUT2D eigenvalue weighted by molar-refractivity contribution is -0.203. The second kappa shape index (κ2) is 7.81. The van der Waals surface area contributed by atoms with Crippen molar-refractivity contribution >= 4 is 5.97 Å². The Kier molecular flexibility index (Phi) is 6.52. The van der Waals surface area contributed by atoms with E-state index in [1.54, 1.807) is 0 Å². The molecule has 0 aliphatic carbocycles. The van der Waals surface area contributed by atoms with Gasteiger partial charge in [0, 0.05) is 5.57 Å². The quantitative estimate of drug-likeness (QED) is 0.479. The van der Waals surface area contributed by atoms with Gasteiger partial charge in [0.1, 0.15) is 5.82 Å². The van der Waals surface area contributed by atoms with Crippen molar-refractivity contribution in [2.75, 3.05) is 0 Å². The number of alkyl halides is 6. The van der Waals surface area contributed by atoms with Crippen molar-refractivity contribution in [2.45, 2.75) is 31.4 Å². The third-order valence-electron chi connectivity index (χ3n) is 2.96. The highest BCUT2D eigenvalue weighted by molar-refractivity contribution is 5.75. The molecule has 1 rings (SSSR count). The molecule has 1 atom stereocenters. The normalized spacial score (nSPS) is 14.4. The topological polar surface area (TPSA) is 52.3 Å². The third-order valence-corrected chi connectivity index (χ3v) is 2.96. The predicted molar refractivity (Wildman–Crippen MR) is 69.0 cm³/mol. The molecule has 0 fully saturated rings. The van der Waals surface area contributed by atoms with E-state index in [1.165, 1.54) is 0 Å². The molecule has 0 amide bonds. The number of benzene rings is 1. The Morgan fingerprint density at radius 2 is 1.76 bits per heavy atom. The summed E-state index contributed by atoms with van der Waals surface area (Å²) in [5.74, 6) is -3.84. The van der Waals surface area contributed by atoms with Crippen LogP contribution in [0.4, 0.5) is 35.1 Å². The van der Waals surface area contributed by atoms with E-state index in [4.69, 9.17) is 5.73 Å². The number of nitrogens with two attached hydrogens (primary N) is 1. The zero-order chi connectivity index (χ0) is 19.4. The van der Waals surface area contributed by atoms with Gasteiger partial charge in [0.05, 0.1) is 11.9 Å². The first-order chi connectivity index (χ1) is 11.3. The molecule has 1 unspecified atom stereocenters. The molecule has 0 saturated carbocycles. The molecule has 0 saturated heterocycles. The van der Waals surface area contributed by atoms with Crippen LogP contribution >= 0.6 is 0 Å². The van der Waals surface area contributed by atoms with Crippen molar-refractivity contribution in [3.8, 4) is 0 Å². The number of esters is 1. The lowest BCUT2D eigenvalue weighted by Crippen LogP contribution is -2.35. The number of halogens is 8. The van der Waals surface area contributed by atoms with E-state index in [0.29, 0.717) is 6.07 Å². The summed E-state index contributed by atoms with van der Waals surface area (Å²) in [6, 6.07) is 1.61. The minimum absolute atomic E-state index is 0.193. The molecule has 0 bridgehead atoms. The molecule has 1 aromatic rings. The fourth-order valence-electron chi connectivity index (χ4n) is 1.76. The molecule has 140 valence electrons. The first-order valence-corrected chi connectivity index (χ1v) is 6.53. The predicted octanol–water partition coefficient (Wildman–Crippen LogP) is 4.02. The summed E-state index contributed by atoms with van der Waals surface area (Å²) >= 11 is 0. The van der Waals surface area contributed by atoms with Crippen LogP contribution < -0.4 is 5.73 Å². The highest BCUT2D eigenvalue weighted by Crippen LogP contribution is 2.31. The Morgan fingerprint density at radius 3 is 2.24 bits per heavy atom. The minimum atomic E-state index is -5.34. The van der Waals surface area contributed by atoms with Gasteiger partial charge in [-0.15, -0.1) is 0 Å². The van der Waals surface area contributed by atoms with Gasteiger partial charge in [-0.3, -0.25) is 5.73 Å². The van der Waals surface area contributed by atoms with Crippen molar-refractivity contribution in [3.05, 3.63) is 47.0 Å². The molecule has 0 radical (unpaired) electrons. The molecule has 3 nitrogen and oxygen atoms in total. The maximum atomic E-state index is 13.2. The van der Waals surface area contributed by atoms with Crippen LogP contribution in [0.1, 0.15) is 17.5 Å². The van der Waals surface area contributed by atoms with Gasteiger partial charge < -0.3 is 4.74 Å². The molecule has 11 heteroatoms. The molecular formula is C14H11F8NO2. The standard InChI is InChI=1S/C14H11F8NO2/c15-6-8(11(23)25-12(24)14(20,21)22)2-1-7-3-9(13(17,18)19)5-10(16)4-7/h3-6,11H,1-2,23H2/b8-6-. The molecule has 0 aliphatic heterocycles. The number of ether oxygens (including phenoxy) is 1. The number of hydrogen-bond acceptors (Lipinski definition) is 3. The highest BCUT2D eigenvalue weighted by atomic mass is 19.4. The van der Waals surface area contributed by atoms with E-state index in [-0.39, 0.29) is 24.4 Å². The van der Waals surface area contributed by atoms with E-state index in [9.17, 15) is 39.9 Å². The second-order valence-corrected chi connectivity index (χ2v) is 4.85. The van der Waals surface area contributed by atoms with E-state index in [2.05, 4.69) is 4.74 Å². The van der Waals surface area contributed by atoms with Gasteiger partial charge in [0.2, 0.25) is 0 Å². The van der Waals surface area contributed by atoms with Crippen molar-refractivity contribution in [1.29, 1.82) is 0 Å². The van der Waals surface area contributed by atoms with Crippen LogP contribution in [-0.4, -0.2) is 18.4 Å². The summed E-state index contributed by atoms with van der Waals surface area (Å²) in [7, 11) is 0. The molecule has 1 aromatic carbocycles. The lowest BCUT2D eigenvalue weighted by atomic mass is 10.0. The fourth-order valence-corrected chi connectivity index (χ4v) is 1.76. The Bertz CT molecular complexity index is 651. The Hall–Kier alpha value is -2.17. The van der Waals surface area contributed by atoms with Crippen LogP contribution in [0.2, 0.25) is 0 Å². The number of hydrogen-bond donors (Lipinski definition) is 1. The molecular weight excluding hydrogens is 366 g/mol. The van der Waals surface area contributed by atoms with Crippen LogP contribution in [0, 0.1) is 5.82 Å². The number of carbonyl (C=O) groups excluding carboxylic acids is 1. The van der Waals surface area contributed by atoms with Gasteiger partial charge in [-0.05, 0) is 36.6 Å². The maximum absolute atomic E-state index is 13.2. The van der Waals surface area contributed by atoms with E-state index < -0.39 is 47.9 Å². The van der Waals surface area contributed by atoms with Crippen LogP contribution in [-0.2, 0) is 22.1 Å². The SMILES string of the molecule is NC(OC(=O)C(F)(F)F)/C(=C\F)CCc1cc(F)cc(C(F)(F)F)c1. The zero-order valence-electron chi connectivity index (χ0n) is 12.2. The largest absolute Gasteiger partial charge is 0.490 e. The van der Waals surface area contributed by atoms with Crippen LogP contribution in [0.3, 0.4) is 0 Å². The highest BCUT2D eigenvalue weighted by Gasteiger charge is 2.42. The zero-order valence-corrected chi connectivity index (χ0v) is 12.2. The van der Waals surface area contributed by atoms with Gasteiger partial charge in [0.15, 0.2) is 6.23 Å². The summed E-state index contributed by atoms with van der Waals surface area (Å²) in [6.45, 7) is 0. The molecule has 0 aliphatic rings. The number of carbonyl (C=O) groups is 1. The van der Waals surface area contributed by atoms with Crippen molar-refractivity contribution in [1.82, 2.24) is 0 Å². The van der Waals surface area contributed by atoms with Gasteiger partial charge in [0.25, 0.3) is 0 Å². The first-order valence-electron chi connectivity index (χ1n) is 6.53. The van der Waals surface area contributed by atoms with Crippen LogP contribution in [0.5, 0.6) is 0 Å². The van der Waals surface area contributed by atoms with E-state index >= 15 is 0 Å². The van der Waals surface area contributed by atoms with E-state index in [1.807, 2.05) is 0 Å². The minimum Gasteiger partial charge on any atom is -0.436 e. The first kappa shape index (κ1) is 20.9. The number of rotatable bonds is 5. The second-order valence-electron chi connectivity index (χ2n) is 4.85. The molecule has 0 aromatic heterocycles. The smallest absolute Gasteiger partial charge is 0.436 e. The molecule has 0 heterocycles. The van der Waals surface area contributed by atoms with Crippen LogP contribution in [0.25, 0.3) is 0 Å². The van der Waals surface area contributed by atoms with Gasteiger partial charge >= 0.3 is 18.3 Å². The molecule has 0 spiro atoms. The summed E-state index contributed by atoms with van der Waals surface area (Å²) < 4.78 is 104. The van der Waals surface area contributed by atoms with Gasteiger partial charge in [-0.2, -0.15) is 26.3 Å². The lowest BCUT2D eigenvalue weighted by Gasteiger charge is -2.17. The van der Waals surface area contributed by atoms with Crippen molar-refractivity contribution in [3.63, 3.8) is 0 Å². The summed E-state index contributed by atoms with van der Waals surface area (Å²) in [6.07, 6.45) is -13.3. The Balaban J connectivity index is 2.82. The third kappa shape index (κ3) is 6.33. The summed E-state index contributed by atoms with van der Waals surface area (Å²) in [4.78, 5) is 10.6. The summed E-state index contributed by atoms with van der Waals surface area (Å²) in [5.41, 5.74) is 3.03. The Labute approximate surface area is 136 Å². The van der Waals surface area contributed by atoms with Crippen molar-refractivity contribution < 1.29 is 44.7 Å². The van der Waals surface area contributed by atoms with Gasteiger partial charge in [-0.1, -0.05) is 0 Å². The van der Waals surface area contributed by atoms with Crippen molar-refractivity contribution in [2.24, 2.45) is 5.73 Å².